The molecule has 132 valence electrons. The SMILES string of the molecule is CN1CCN(C(=O)CN(CCC2=CCCCC2)S(C)(=O)=O)CC1. The molecule has 0 bridgehead atoms. The van der Waals surface area contributed by atoms with Crippen molar-refractivity contribution in [3.63, 3.8) is 0 Å². The zero-order valence-electron chi connectivity index (χ0n) is 14.3. The quantitative estimate of drug-likeness (QED) is 0.673. The molecule has 2 rings (SSSR count). The number of likely N-dealkylation sites (N-methyl/N-ethyl adjacent to an activating group) is 1. The van der Waals surface area contributed by atoms with Gasteiger partial charge in [0.05, 0.1) is 12.8 Å². The van der Waals surface area contributed by atoms with Crippen molar-refractivity contribution in [1.82, 2.24) is 14.1 Å². The van der Waals surface area contributed by atoms with Crippen molar-refractivity contribution in [2.24, 2.45) is 0 Å². The lowest BCUT2D eigenvalue weighted by Crippen LogP contribution is -2.50. The van der Waals surface area contributed by atoms with Crippen LogP contribution in [-0.2, 0) is 14.8 Å². The molecule has 0 radical (unpaired) electrons. The van der Waals surface area contributed by atoms with E-state index in [0.717, 1.165) is 32.4 Å². The van der Waals surface area contributed by atoms with E-state index in [2.05, 4.69) is 11.0 Å². The van der Waals surface area contributed by atoms with Gasteiger partial charge in [-0.05, 0) is 39.2 Å². The molecule has 1 aliphatic carbocycles. The second kappa shape index (κ2) is 8.26. The normalized spacial score (nSPS) is 20.7. The first-order chi connectivity index (χ1) is 10.9. The van der Waals surface area contributed by atoms with Crippen LogP contribution in [0.4, 0.5) is 0 Å². The maximum Gasteiger partial charge on any atom is 0.237 e. The van der Waals surface area contributed by atoms with Crippen LogP contribution in [0.5, 0.6) is 0 Å². The molecule has 1 heterocycles. The number of amides is 1. The largest absolute Gasteiger partial charge is 0.339 e. The minimum Gasteiger partial charge on any atom is -0.339 e. The van der Waals surface area contributed by atoms with Crippen LogP contribution in [0.15, 0.2) is 11.6 Å². The molecule has 23 heavy (non-hydrogen) atoms. The highest BCUT2D eigenvalue weighted by Gasteiger charge is 2.25. The van der Waals surface area contributed by atoms with E-state index >= 15 is 0 Å². The van der Waals surface area contributed by atoms with Gasteiger partial charge in [-0.2, -0.15) is 4.31 Å². The van der Waals surface area contributed by atoms with Crippen molar-refractivity contribution < 1.29 is 13.2 Å². The molecule has 1 fully saturated rings. The van der Waals surface area contributed by atoms with E-state index in [9.17, 15) is 13.2 Å². The maximum absolute atomic E-state index is 12.4. The van der Waals surface area contributed by atoms with Crippen LogP contribution in [0.3, 0.4) is 0 Å². The van der Waals surface area contributed by atoms with Crippen molar-refractivity contribution in [1.29, 1.82) is 0 Å². The van der Waals surface area contributed by atoms with Crippen LogP contribution < -0.4 is 0 Å². The Bertz CT molecular complexity index is 537. The molecule has 2 aliphatic rings. The lowest BCUT2D eigenvalue weighted by atomic mass is 9.97. The van der Waals surface area contributed by atoms with Gasteiger partial charge in [-0.25, -0.2) is 8.42 Å². The molecular formula is C16H29N3O3S. The van der Waals surface area contributed by atoms with Crippen molar-refractivity contribution in [2.75, 3.05) is 52.6 Å². The minimum absolute atomic E-state index is 0.0319. The van der Waals surface area contributed by atoms with Gasteiger partial charge in [-0.3, -0.25) is 4.79 Å². The summed E-state index contributed by atoms with van der Waals surface area (Å²) in [5.41, 5.74) is 1.33. The fourth-order valence-electron chi connectivity index (χ4n) is 3.07. The highest BCUT2D eigenvalue weighted by molar-refractivity contribution is 7.88. The Labute approximate surface area is 140 Å². The van der Waals surface area contributed by atoms with Gasteiger partial charge in [0, 0.05) is 32.7 Å². The van der Waals surface area contributed by atoms with Crippen LogP contribution in [0.25, 0.3) is 0 Å². The molecule has 7 heteroatoms. The summed E-state index contributed by atoms with van der Waals surface area (Å²) in [5, 5.41) is 0. The summed E-state index contributed by atoms with van der Waals surface area (Å²) in [5.74, 6) is -0.0823. The molecule has 0 saturated carbocycles. The summed E-state index contributed by atoms with van der Waals surface area (Å²) in [7, 11) is -1.33. The summed E-state index contributed by atoms with van der Waals surface area (Å²) < 4.78 is 25.3. The van der Waals surface area contributed by atoms with Crippen LogP contribution in [0.2, 0.25) is 0 Å². The van der Waals surface area contributed by atoms with E-state index in [4.69, 9.17) is 0 Å². The van der Waals surface area contributed by atoms with Crippen molar-refractivity contribution in [3.05, 3.63) is 11.6 Å². The predicted molar refractivity (Wildman–Crippen MR) is 91.7 cm³/mol. The van der Waals surface area contributed by atoms with Crippen LogP contribution in [0.1, 0.15) is 32.1 Å². The summed E-state index contributed by atoms with van der Waals surface area (Å²) >= 11 is 0. The smallest absolute Gasteiger partial charge is 0.237 e. The summed E-state index contributed by atoms with van der Waals surface area (Å²) in [6.45, 7) is 3.42. The van der Waals surface area contributed by atoms with E-state index in [1.54, 1.807) is 4.90 Å². The Morgan fingerprint density at radius 1 is 1.22 bits per heavy atom. The van der Waals surface area contributed by atoms with Gasteiger partial charge in [-0.1, -0.05) is 11.6 Å². The van der Waals surface area contributed by atoms with Gasteiger partial charge >= 0.3 is 0 Å². The number of allylic oxidation sites excluding steroid dienone is 1. The number of sulfonamides is 1. The van der Waals surface area contributed by atoms with Gasteiger partial charge in [0.1, 0.15) is 0 Å². The van der Waals surface area contributed by atoms with E-state index in [1.807, 2.05) is 7.05 Å². The number of hydrogen-bond acceptors (Lipinski definition) is 4. The number of nitrogens with zero attached hydrogens (tertiary/aromatic N) is 3. The standard InChI is InChI=1S/C16H29N3O3S/c1-17-10-12-18(13-11-17)16(20)14-19(23(2,21)22)9-8-15-6-4-3-5-7-15/h6H,3-5,7-14H2,1-2H3. The summed E-state index contributed by atoms with van der Waals surface area (Å²) in [4.78, 5) is 16.3. The molecule has 0 N–H and O–H groups in total. The fraction of sp³-hybridized carbons (Fsp3) is 0.812. The van der Waals surface area contributed by atoms with Gasteiger partial charge in [-0.15, -0.1) is 0 Å². The van der Waals surface area contributed by atoms with Crippen molar-refractivity contribution >= 4 is 15.9 Å². The first-order valence-corrected chi connectivity index (χ1v) is 10.3. The van der Waals surface area contributed by atoms with Crippen molar-refractivity contribution in [3.8, 4) is 0 Å². The lowest BCUT2D eigenvalue weighted by Gasteiger charge is -2.33. The molecule has 1 saturated heterocycles. The van der Waals surface area contributed by atoms with Crippen LogP contribution in [-0.4, -0.2) is 81.0 Å². The molecule has 1 amide bonds. The summed E-state index contributed by atoms with van der Waals surface area (Å²) in [6.07, 6.45) is 8.72. The van der Waals surface area contributed by atoms with Gasteiger partial charge in [0.15, 0.2) is 0 Å². The number of rotatable bonds is 6. The molecule has 0 aromatic heterocycles. The number of hydrogen-bond donors (Lipinski definition) is 0. The second-order valence-electron chi connectivity index (χ2n) is 6.64. The lowest BCUT2D eigenvalue weighted by molar-refractivity contribution is -0.132. The van der Waals surface area contributed by atoms with Crippen LogP contribution >= 0.6 is 0 Å². The van der Waals surface area contributed by atoms with E-state index in [0.29, 0.717) is 19.6 Å². The molecule has 1 aliphatic heterocycles. The molecule has 0 aromatic carbocycles. The predicted octanol–water partition coefficient (Wildman–Crippen LogP) is 0.913. The van der Waals surface area contributed by atoms with Crippen LogP contribution in [0, 0.1) is 0 Å². The monoisotopic (exact) mass is 343 g/mol. The maximum atomic E-state index is 12.4. The van der Waals surface area contributed by atoms with E-state index in [1.165, 1.54) is 29.0 Å². The zero-order valence-corrected chi connectivity index (χ0v) is 15.1. The Hall–Kier alpha value is -0.920. The average Bonchev–Trinajstić information content (AvgIpc) is 2.51. The van der Waals surface area contributed by atoms with Crippen molar-refractivity contribution in [2.45, 2.75) is 32.1 Å². The second-order valence-corrected chi connectivity index (χ2v) is 8.62. The summed E-state index contributed by atoms with van der Waals surface area (Å²) in [6, 6.07) is 0. The highest BCUT2D eigenvalue weighted by atomic mass is 32.2. The minimum atomic E-state index is -3.36. The highest BCUT2D eigenvalue weighted by Crippen LogP contribution is 2.20. The number of carbonyl (C=O) groups excluding carboxylic acids is 1. The number of piperazine rings is 1. The number of carbonyl (C=O) groups is 1. The third kappa shape index (κ3) is 5.90. The van der Waals surface area contributed by atoms with E-state index < -0.39 is 10.0 Å². The Kier molecular flexibility index (Phi) is 6.61. The van der Waals surface area contributed by atoms with E-state index in [-0.39, 0.29) is 12.5 Å². The molecule has 0 atom stereocenters. The third-order valence-electron chi connectivity index (χ3n) is 4.70. The van der Waals surface area contributed by atoms with Gasteiger partial charge < -0.3 is 9.80 Å². The fourth-order valence-corrected chi connectivity index (χ4v) is 3.84. The Balaban J connectivity index is 1.90. The zero-order chi connectivity index (χ0) is 16.9. The first-order valence-electron chi connectivity index (χ1n) is 8.45. The first kappa shape index (κ1) is 18.4. The average molecular weight is 343 g/mol. The van der Waals surface area contributed by atoms with Gasteiger partial charge in [0.2, 0.25) is 15.9 Å². The Morgan fingerprint density at radius 2 is 1.91 bits per heavy atom. The molecule has 6 nitrogen and oxygen atoms in total. The molecule has 0 unspecified atom stereocenters. The Morgan fingerprint density at radius 3 is 2.48 bits per heavy atom. The van der Waals surface area contributed by atoms with Gasteiger partial charge in [0.25, 0.3) is 0 Å². The molecule has 0 aromatic rings. The topological polar surface area (TPSA) is 60.9 Å². The third-order valence-corrected chi connectivity index (χ3v) is 5.95. The molecular weight excluding hydrogens is 314 g/mol. The molecule has 0 spiro atoms.